The van der Waals surface area contributed by atoms with E-state index >= 15 is 33.6 Å². The van der Waals surface area contributed by atoms with E-state index in [1.807, 2.05) is 20.8 Å². The number of amides is 12. The van der Waals surface area contributed by atoms with Crippen molar-refractivity contribution in [3.05, 3.63) is 0 Å². The van der Waals surface area contributed by atoms with E-state index in [9.17, 15) is 41.5 Å². The number of hydrogen-bond donors (Lipinski definition) is 4. The van der Waals surface area contributed by atoms with Gasteiger partial charge in [0.15, 0.2) is 0 Å². The molecule has 5 unspecified atom stereocenters. The molecule has 7 aliphatic rings. The van der Waals surface area contributed by atoms with Crippen molar-refractivity contribution in [2.45, 2.75) is 267 Å². The molecular formula is C78H128ClF4N13O13. The lowest BCUT2D eigenvalue weighted by atomic mass is 9.78. The molecule has 109 heavy (non-hydrogen) atoms. The van der Waals surface area contributed by atoms with E-state index in [1.54, 1.807) is 11.8 Å². The van der Waals surface area contributed by atoms with Crippen LogP contribution in [0, 0.1) is 41.4 Å². The highest BCUT2D eigenvalue weighted by Gasteiger charge is 2.52. The molecule has 4 saturated carbocycles. The van der Waals surface area contributed by atoms with Crippen molar-refractivity contribution in [2.75, 3.05) is 115 Å². The third kappa shape index (κ3) is 24.3. The van der Waals surface area contributed by atoms with E-state index in [4.69, 9.17) is 16.3 Å². The molecule has 31 heteroatoms. The smallest absolute Gasteiger partial charge is 0.378 e. The van der Waals surface area contributed by atoms with E-state index in [0.29, 0.717) is 77.4 Å². The van der Waals surface area contributed by atoms with Gasteiger partial charge in [0.1, 0.15) is 54.0 Å². The summed E-state index contributed by atoms with van der Waals surface area (Å²) in [6, 6.07) is -9.32. The summed E-state index contributed by atoms with van der Waals surface area (Å²) < 4.78 is 63.6. The van der Waals surface area contributed by atoms with Crippen LogP contribution in [0.3, 0.4) is 0 Å². The minimum atomic E-state index is -4.55. The zero-order valence-electron chi connectivity index (χ0n) is 66.9. The number of ether oxygens (including phenoxy) is 1. The standard InChI is InChI=1S/C78H128ClF4N13O13/c1-13-50(4)67-74(106)90(7)45-65(99)88(5)46-66(100)92(9)60(40-51-25-17-14-18-26-51)72(104)89(6)44-63(97)85-58(32-30-52-29-31-56(57(79)39-52)78(81,82)83)71(103)94(11)62(48-109-47-53-38-55(80)43-84-42-53)70(102)87-77(33-21-22-34-77)76(108)95(12)68(54-27-19-15-20-28-54)75(107)93(10)61(73(105)96-35-23-16-24-36-96)41-64(98)91(8)59(37-49(2)3)69(101)86-67/h49-62,67-68,84H,13-48H2,1-12H3,(H,85,97)(H,86,101)(H,87,102)/t50-,52?,53?,55?,56?,57?,58-,59-,60-,61-,62-,67-,68-/m0/s1. The quantitative estimate of drug-likeness (QED) is 0.104. The first-order chi connectivity index (χ1) is 51.5. The molecule has 3 saturated heterocycles. The molecule has 13 atom stereocenters. The number of rotatable bonds is 15. The van der Waals surface area contributed by atoms with E-state index in [1.165, 1.54) is 76.0 Å². The summed E-state index contributed by atoms with van der Waals surface area (Å²) in [6.45, 7) is 6.26. The van der Waals surface area contributed by atoms with Crippen molar-refractivity contribution in [3.8, 4) is 0 Å². The maximum atomic E-state index is 16.0. The van der Waals surface area contributed by atoms with Crippen LogP contribution in [-0.2, 0) is 62.3 Å². The first-order valence-electron chi connectivity index (χ1n) is 40.4. The average molecular weight is 1570 g/mol. The zero-order valence-corrected chi connectivity index (χ0v) is 67.7. The lowest BCUT2D eigenvalue weighted by molar-refractivity contribution is -0.182. The molecule has 7 rings (SSSR count). The van der Waals surface area contributed by atoms with Crippen LogP contribution in [0.4, 0.5) is 17.6 Å². The van der Waals surface area contributed by atoms with Gasteiger partial charge in [0, 0.05) is 87.9 Å². The van der Waals surface area contributed by atoms with Crippen molar-refractivity contribution < 1.29 is 79.8 Å². The van der Waals surface area contributed by atoms with Gasteiger partial charge in [-0.15, -0.1) is 11.6 Å². The molecular weight excluding hydrogens is 1440 g/mol. The highest BCUT2D eigenvalue weighted by molar-refractivity contribution is 6.21. The Morgan fingerprint density at radius 2 is 1.18 bits per heavy atom. The normalized spacial score (nSPS) is 30.3. The second-order valence-corrected chi connectivity index (χ2v) is 34.0. The minimum absolute atomic E-state index is 0.00414. The number of nitrogens with one attached hydrogen (secondary N) is 4. The molecule has 0 aromatic rings. The van der Waals surface area contributed by atoms with Gasteiger partial charge in [-0.05, 0) is 132 Å². The molecule has 4 aliphatic carbocycles. The van der Waals surface area contributed by atoms with Crippen LogP contribution in [0.2, 0.25) is 0 Å². The van der Waals surface area contributed by atoms with Gasteiger partial charge in [-0.3, -0.25) is 57.5 Å². The zero-order chi connectivity index (χ0) is 80.4. The molecule has 3 heterocycles. The minimum Gasteiger partial charge on any atom is -0.378 e. The largest absolute Gasteiger partial charge is 0.393 e. The van der Waals surface area contributed by atoms with Gasteiger partial charge in [0.2, 0.25) is 70.9 Å². The number of piperidine rings is 2. The number of alkyl halides is 5. The number of carbonyl (C=O) groups is 12. The van der Waals surface area contributed by atoms with Crippen LogP contribution in [-0.4, -0.2) is 296 Å². The SMILES string of the molecule is CC[C@H](C)[C@@H]1NC(=O)[C@H](CC(C)C)N(C)C(=O)C[C@@H](C(=O)N2CCCCC2)N(C)C(=O)[C@H](C2CCCCC2)N(C)C(=O)C2(CCCC2)NC(=O)[C@H](COCC2CNCC(F)C2)N(C)C(=O)[C@H](CCC2CCC(C(F)(F)F)C(Cl)C2)NC(=O)CN(C)C(=O)[C@H](CC2CCCCC2)N(C)C(=O)CN(C)C(=O)CN(C)C1=O. The third-order valence-electron chi connectivity index (χ3n) is 24.8. The van der Waals surface area contributed by atoms with Crippen LogP contribution in [0.1, 0.15) is 201 Å². The Kier molecular flexibility index (Phi) is 34.1. The van der Waals surface area contributed by atoms with Crippen molar-refractivity contribution in [1.82, 2.24) is 65.4 Å². The van der Waals surface area contributed by atoms with Crippen LogP contribution in [0.15, 0.2) is 0 Å². The number of halogens is 5. The molecule has 7 fully saturated rings. The number of hydrogen-bond acceptors (Lipinski definition) is 14. The Labute approximate surface area is 648 Å². The molecule has 0 bridgehead atoms. The topological polar surface area (TPSA) is 291 Å². The molecule has 0 aromatic heterocycles. The Morgan fingerprint density at radius 1 is 0.578 bits per heavy atom. The van der Waals surface area contributed by atoms with Crippen molar-refractivity contribution in [3.63, 3.8) is 0 Å². The monoisotopic (exact) mass is 1570 g/mol. The maximum absolute atomic E-state index is 16.0. The van der Waals surface area contributed by atoms with Gasteiger partial charge in [-0.25, -0.2) is 4.39 Å². The summed E-state index contributed by atoms with van der Waals surface area (Å²) in [5.41, 5.74) is -1.70. The maximum Gasteiger partial charge on any atom is 0.393 e. The van der Waals surface area contributed by atoms with Gasteiger partial charge in [-0.2, -0.15) is 13.2 Å². The average Bonchev–Trinajstić information content (AvgIpc) is 1.35. The molecule has 3 aliphatic heterocycles. The molecule has 0 aromatic carbocycles. The Hall–Kier alpha value is -6.43. The summed E-state index contributed by atoms with van der Waals surface area (Å²) >= 11 is 6.46. The van der Waals surface area contributed by atoms with Crippen LogP contribution in [0.25, 0.3) is 0 Å². The summed E-state index contributed by atoms with van der Waals surface area (Å²) in [7, 11) is 11.3. The number of nitrogens with zero attached hydrogens (tertiary/aromatic N) is 9. The molecule has 0 radical (unpaired) electrons. The van der Waals surface area contributed by atoms with E-state index in [2.05, 4.69) is 21.3 Å². The van der Waals surface area contributed by atoms with Gasteiger partial charge in [0.25, 0.3) is 0 Å². The fourth-order valence-electron chi connectivity index (χ4n) is 17.5. The van der Waals surface area contributed by atoms with Gasteiger partial charge in [0.05, 0.1) is 45.2 Å². The fourth-order valence-corrected chi connectivity index (χ4v) is 18.1. The Morgan fingerprint density at radius 3 is 1.79 bits per heavy atom. The van der Waals surface area contributed by atoms with Gasteiger partial charge in [-0.1, -0.05) is 98.3 Å². The van der Waals surface area contributed by atoms with E-state index < -0.39 is 193 Å². The lowest BCUT2D eigenvalue weighted by Crippen LogP contribution is -2.66. The summed E-state index contributed by atoms with van der Waals surface area (Å²) in [6.07, 6.45) is 5.08. The first-order valence-corrected chi connectivity index (χ1v) is 40.8. The predicted octanol–water partition coefficient (Wildman–Crippen LogP) is 6.28. The summed E-state index contributed by atoms with van der Waals surface area (Å²) in [5, 5.41) is 10.5. The molecule has 1 spiro atoms. The van der Waals surface area contributed by atoms with E-state index in [-0.39, 0.29) is 95.1 Å². The third-order valence-corrected chi connectivity index (χ3v) is 25.2. The molecule has 12 amide bonds. The second kappa shape index (κ2) is 41.4. The Bertz CT molecular complexity index is 3120. The van der Waals surface area contributed by atoms with E-state index in [0.717, 1.165) is 64.5 Å². The van der Waals surface area contributed by atoms with Crippen molar-refractivity contribution in [1.29, 1.82) is 0 Å². The van der Waals surface area contributed by atoms with Crippen LogP contribution >= 0.6 is 11.6 Å². The van der Waals surface area contributed by atoms with Crippen molar-refractivity contribution >= 4 is 82.5 Å². The highest BCUT2D eigenvalue weighted by atomic mass is 35.5. The molecule has 4 N–H and O–H groups in total. The fraction of sp³-hybridized carbons (Fsp3) is 0.846. The predicted molar refractivity (Wildman–Crippen MR) is 403 cm³/mol. The summed E-state index contributed by atoms with van der Waals surface area (Å²) in [5.74, 6) is -11.9. The van der Waals surface area contributed by atoms with Gasteiger partial charge < -0.3 is 70.1 Å². The number of likely N-dealkylation sites (tertiary alicyclic amines) is 1. The van der Waals surface area contributed by atoms with Crippen molar-refractivity contribution in [2.24, 2.45) is 41.4 Å². The van der Waals surface area contributed by atoms with Crippen LogP contribution in [0.5, 0.6) is 0 Å². The second-order valence-electron chi connectivity index (χ2n) is 33.4. The Balaban J connectivity index is 1.32. The first kappa shape index (κ1) is 89.8. The number of carbonyl (C=O) groups excluding carboxylic acids is 12. The lowest BCUT2D eigenvalue weighted by Gasteiger charge is -2.43. The van der Waals surface area contributed by atoms with Gasteiger partial charge >= 0.3 is 6.18 Å². The van der Waals surface area contributed by atoms with Crippen LogP contribution < -0.4 is 21.3 Å². The highest BCUT2D eigenvalue weighted by Crippen LogP contribution is 2.44. The molecule has 618 valence electrons. The summed E-state index contributed by atoms with van der Waals surface area (Å²) in [4.78, 5) is 193. The molecule has 26 nitrogen and oxygen atoms in total. The number of likely N-dealkylation sites (N-methyl/N-ethyl adjacent to an activating group) is 8.